The Hall–Kier alpha value is -3.43. The molecule has 0 aliphatic heterocycles. The van der Waals surface area contributed by atoms with E-state index in [1.54, 1.807) is 18.2 Å². The fourth-order valence-corrected chi connectivity index (χ4v) is 5.17. The third-order valence-corrected chi connectivity index (χ3v) is 7.93. The van der Waals surface area contributed by atoms with E-state index in [1.807, 2.05) is 43.7 Å². The first kappa shape index (κ1) is 26.6. The lowest BCUT2D eigenvalue weighted by atomic mass is 10.2. The molecule has 0 unspecified atom stereocenters. The van der Waals surface area contributed by atoms with Crippen molar-refractivity contribution < 1.29 is 13.2 Å². The van der Waals surface area contributed by atoms with Crippen LogP contribution in [0.2, 0.25) is 5.02 Å². The smallest absolute Gasteiger partial charge is 0.283 e. The van der Waals surface area contributed by atoms with Crippen LogP contribution in [0.3, 0.4) is 0 Å². The van der Waals surface area contributed by atoms with E-state index in [0.29, 0.717) is 28.6 Å². The molecule has 2 aromatic heterocycles. The molecular weight excluding hydrogens is 510 g/mol. The number of sulfonamides is 1. The van der Waals surface area contributed by atoms with Crippen LogP contribution in [0.4, 0.5) is 5.69 Å². The topological polar surface area (TPSA) is 97.2 Å². The van der Waals surface area contributed by atoms with E-state index in [9.17, 15) is 13.2 Å². The fraction of sp³-hybridized carbons (Fsp3) is 0.296. The predicted octanol–water partition coefficient (Wildman–Crippen LogP) is 5.10. The zero-order chi connectivity index (χ0) is 26.7. The molecule has 4 aromatic rings. The number of benzene rings is 2. The number of aryl methyl sites for hydroxylation is 2. The summed E-state index contributed by atoms with van der Waals surface area (Å²) in [5, 5.41) is 0.625. The number of unbranched alkanes of at least 4 members (excludes halogenated alkanes) is 1. The van der Waals surface area contributed by atoms with Crippen molar-refractivity contribution in [3.63, 3.8) is 0 Å². The van der Waals surface area contributed by atoms with Gasteiger partial charge in [0.1, 0.15) is 17.0 Å². The van der Waals surface area contributed by atoms with Crippen molar-refractivity contribution in [1.29, 1.82) is 0 Å². The number of hydrogen-bond acceptors (Lipinski definition) is 6. The van der Waals surface area contributed by atoms with E-state index >= 15 is 0 Å². The molecule has 2 aromatic carbocycles. The molecule has 0 spiro atoms. The van der Waals surface area contributed by atoms with Gasteiger partial charge in [-0.1, -0.05) is 48.7 Å². The van der Waals surface area contributed by atoms with Gasteiger partial charge in [0, 0.05) is 24.3 Å². The van der Waals surface area contributed by atoms with Crippen LogP contribution < -0.4 is 9.62 Å². The lowest BCUT2D eigenvalue weighted by Gasteiger charge is -2.20. The number of nitrogens with one attached hydrogen (secondary N) is 1. The molecule has 1 N–H and O–H groups in total. The monoisotopic (exact) mass is 539 g/mol. The van der Waals surface area contributed by atoms with Crippen LogP contribution in [0.15, 0.2) is 59.5 Å². The molecule has 0 aliphatic carbocycles. The number of fused-ring (bicyclic) bond motifs is 1. The van der Waals surface area contributed by atoms with Crippen LogP contribution in [-0.2, 0) is 16.6 Å². The number of halogens is 1. The maximum atomic E-state index is 12.8. The molecule has 0 saturated carbocycles. The quantitative estimate of drug-likeness (QED) is 0.317. The summed E-state index contributed by atoms with van der Waals surface area (Å²) in [6.45, 7) is 7.22. The number of pyridine rings is 1. The average Bonchev–Trinajstić information content (AvgIpc) is 3.17. The second-order valence-corrected chi connectivity index (χ2v) is 11.2. The van der Waals surface area contributed by atoms with Crippen molar-refractivity contribution in [3.8, 4) is 0 Å². The zero-order valence-corrected chi connectivity index (χ0v) is 22.9. The number of amides is 1. The summed E-state index contributed by atoms with van der Waals surface area (Å²) in [4.78, 5) is 24.0. The summed E-state index contributed by atoms with van der Waals surface area (Å²) in [7, 11) is -1.99. The summed E-state index contributed by atoms with van der Waals surface area (Å²) < 4.78 is 29.3. The minimum absolute atomic E-state index is 0.00634. The first-order valence-electron chi connectivity index (χ1n) is 12.1. The number of carbonyl (C=O) groups excluding carboxylic acids is 1. The Bertz CT molecular complexity index is 1550. The minimum atomic E-state index is -4.04. The van der Waals surface area contributed by atoms with Crippen molar-refractivity contribution in [2.75, 3.05) is 18.5 Å². The standard InChI is InChI=1S/C27H30ClN5O3S/c1-5-6-15-32(4)21-10-9-20(23(28)16-21)17-33-19(3)29-24-13-14-25(30-26(24)33)27(34)31-37(35,36)22-11-7-18(2)8-12-22/h7-14,16H,5-6,15,17H2,1-4H3,(H,31,34). The molecule has 1 amide bonds. The summed E-state index contributed by atoms with van der Waals surface area (Å²) in [5.74, 6) is -0.113. The van der Waals surface area contributed by atoms with Crippen molar-refractivity contribution >= 4 is 44.4 Å². The number of anilines is 1. The van der Waals surface area contributed by atoms with Gasteiger partial charge in [0.15, 0.2) is 5.65 Å². The molecule has 0 atom stereocenters. The van der Waals surface area contributed by atoms with Gasteiger partial charge in [-0.2, -0.15) is 0 Å². The number of imidazole rings is 1. The van der Waals surface area contributed by atoms with Gasteiger partial charge in [-0.05, 0) is 62.2 Å². The highest BCUT2D eigenvalue weighted by Gasteiger charge is 2.21. The maximum absolute atomic E-state index is 12.8. The molecule has 0 fully saturated rings. The molecule has 0 bridgehead atoms. The van der Waals surface area contributed by atoms with Gasteiger partial charge in [-0.15, -0.1) is 0 Å². The Kier molecular flexibility index (Phi) is 7.85. The van der Waals surface area contributed by atoms with Gasteiger partial charge in [0.05, 0.1) is 11.4 Å². The Balaban J connectivity index is 1.59. The molecular formula is C27H30ClN5O3S. The Morgan fingerprint density at radius 3 is 2.46 bits per heavy atom. The van der Waals surface area contributed by atoms with Gasteiger partial charge in [-0.25, -0.2) is 23.1 Å². The normalized spacial score (nSPS) is 11.6. The van der Waals surface area contributed by atoms with Crippen molar-refractivity contribution in [1.82, 2.24) is 19.3 Å². The van der Waals surface area contributed by atoms with Crippen molar-refractivity contribution in [2.45, 2.75) is 45.1 Å². The van der Waals surface area contributed by atoms with Crippen molar-refractivity contribution in [2.24, 2.45) is 0 Å². The molecule has 8 nitrogen and oxygen atoms in total. The van der Waals surface area contributed by atoms with Crippen LogP contribution in [0.1, 0.15) is 47.2 Å². The van der Waals surface area contributed by atoms with Gasteiger partial charge in [0.25, 0.3) is 15.9 Å². The van der Waals surface area contributed by atoms with Crippen LogP contribution in [0.5, 0.6) is 0 Å². The largest absolute Gasteiger partial charge is 0.375 e. The summed E-state index contributed by atoms with van der Waals surface area (Å²) in [6.07, 6.45) is 2.22. The summed E-state index contributed by atoms with van der Waals surface area (Å²) in [5.41, 5.74) is 3.89. The molecule has 0 saturated heterocycles. The van der Waals surface area contributed by atoms with E-state index in [1.165, 1.54) is 18.2 Å². The average molecular weight is 540 g/mol. The van der Waals surface area contributed by atoms with E-state index in [0.717, 1.165) is 36.2 Å². The number of hydrogen-bond donors (Lipinski definition) is 1. The Labute approximate surface area is 222 Å². The van der Waals surface area contributed by atoms with E-state index in [2.05, 4.69) is 26.5 Å². The summed E-state index contributed by atoms with van der Waals surface area (Å²) in [6, 6.07) is 15.3. The molecule has 0 aliphatic rings. The Morgan fingerprint density at radius 1 is 1.05 bits per heavy atom. The van der Waals surface area contributed by atoms with Crippen LogP contribution in [-0.4, -0.2) is 42.5 Å². The molecule has 0 radical (unpaired) electrons. The SMILES string of the molecule is CCCCN(C)c1ccc(Cn2c(C)nc3ccc(C(=O)NS(=O)(=O)c4ccc(C)cc4)nc32)c(Cl)c1. The third kappa shape index (κ3) is 5.94. The first-order chi connectivity index (χ1) is 17.6. The second kappa shape index (κ2) is 10.9. The maximum Gasteiger partial charge on any atom is 0.283 e. The summed E-state index contributed by atoms with van der Waals surface area (Å²) >= 11 is 6.64. The third-order valence-electron chi connectivity index (χ3n) is 6.23. The number of carbonyl (C=O) groups is 1. The molecule has 37 heavy (non-hydrogen) atoms. The molecule has 10 heteroatoms. The molecule has 2 heterocycles. The highest BCUT2D eigenvalue weighted by molar-refractivity contribution is 7.90. The first-order valence-corrected chi connectivity index (χ1v) is 13.9. The van der Waals surface area contributed by atoms with E-state index in [4.69, 9.17) is 11.6 Å². The number of aromatic nitrogens is 3. The van der Waals surface area contributed by atoms with Crippen LogP contribution in [0, 0.1) is 13.8 Å². The van der Waals surface area contributed by atoms with E-state index in [-0.39, 0.29) is 10.6 Å². The Morgan fingerprint density at radius 2 is 1.78 bits per heavy atom. The lowest BCUT2D eigenvalue weighted by molar-refractivity contribution is 0.0977. The predicted molar refractivity (Wildman–Crippen MR) is 147 cm³/mol. The molecule has 194 valence electrons. The lowest BCUT2D eigenvalue weighted by Crippen LogP contribution is -2.31. The van der Waals surface area contributed by atoms with Gasteiger partial charge >= 0.3 is 0 Å². The van der Waals surface area contributed by atoms with E-state index < -0.39 is 15.9 Å². The van der Waals surface area contributed by atoms with Crippen molar-refractivity contribution in [3.05, 3.63) is 82.3 Å². The number of rotatable bonds is 9. The highest BCUT2D eigenvalue weighted by Crippen LogP contribution is 2.26. The molecule has 4 rings (SSSR count). The number of nitrogens with zero attached hydrogens (tertiary/aromatic N) is 4. The van der Waals surface area contributed by atoms with Gasteiger partial charge < -0.3 is 9.47 Å². The zero-order valence-electron chi connectivity index (χ0n) is 21.3. The van der Waals surface area contributed by atoms with Gasteiger partial charge in [-0.3, -0.25) is 4.79 Å². The van der Waals surface area contributed by atoms with Crippen LogP contribution in [0.25, 0.3) is 11.2 Å². The minimum Gasteiger partial charge on any atom is -0.375 e. The van der Waals surface area contributed by atoms with Gasteiger partial charge in [0.2, 0.25) is 0 Å². The second-order valence-electron chi connectivity index (χ2n) is 9.08. The highest BCUT2D eigenvalue weighted by atomic mass is 35.5. The van der Waals surface area contributed by atoms with Crippen LogP contribution >= 0.6 is 11.6 Å². The fourth-order valence-electron chi connectivity index (χ4n) is 3.98.